The van der Waals surface area contributed by atoms with Crippen LogP contribution in [0.15, 0.2) is 36.7 Å². The molecule has 1 heterocycles. The monoisotopic (exact) mass is 384 g/mol. The second-order valence-electron chi connectivity index (χ2n) is 4.64. The molecule has 13 heteroatoms. The molecule has 2 aromatic rings. The van der Waals surface area contributed by atoms with Crippen LogP contribution < -0.4 is 4.73 Å². The van der Waals surface area contributed by atoms with Crippen LogP contribution in [-0.2, 0) is 6.42 Å². The van der Waals surface area contributed by atoms with Crippen molar-refractivity contribution in [2.24, 2.45) is 0 Å². The summed E-state index contributed by atoms with van der Waals surface area (Å²) >= 11 is 4.07. The van der Waals surface area contributed by atoms with E-state index < -0.39 is 37.6 Å². The second-order valence-corrected chi connectivity index (χ2v) is 5.09. The van der Waals surface area contributed by atoms with E-state index >= 15 is 0 Å². The molecule has 0 saturated carbocycles. The van der Waals surface area contributed by atoms with Gasteiger partial charge in [-0.3, -0.25) is 30.3 Å². The van der Waals surface area contributed by atoms with E-state index in [4.69, 9.17) is 5.11 Å². The van der Waals surface area contributed by atoms with Crippen molar-refractivity contribution < 1.29 is 24.6 Å². The van der Waals surface area contributed by atoms with Crippen molar-refractivity contribution in [2.45, 2.75) is 6.42 Å². The summed E-state index contributed by atoms with van der Waals surface area (Å²) in [6.45, 7) is 0. The number of aryl methyl sites for hydroxylation is 1. The van der Waals surface area contributed by atoms with E-state index in [2.05, 4.69) is 12.6 Å². The number of hydrogen-bond donors (Lipinski definition) is 2. The van der Waals surface area contributed by atoms with Crippen LogP contribution in [-0.4, -0.2) is 25.6 Å². The minimum atomic E-state index is -1.21. The highest BCUT2D eigenvalue weighted by Crippen LogP contribution is 2.38. The Labute approximate surface area is 150 Å². The standard InChI is InChI=1S/C7H9NOS.C6H3N3O7/c9-8-4-1-7(2-5-8)3-6-10;10-6-4(8(13)14)1-3(7(11)12)2-5(6)9(15)16/h1-2,4-5,10H,3,6H2;1-2,10H. The Bertz CT molecular complexity index is 792. The van der Waals surface area contributed by atoms with Gasteiger partial charge in [-0.1, -0.05) is 0 Å². The fourth-order valence-corrected chi connectivity index (χ4v) is 1.97. The molecule has 0 bridgehead atoms. The van der Waals surface area contributed by atoms with Gasteiger partial charge in [-0.2, -0.15) is 17.4 Å². The lowest BCUT2D eigenvalue weighted by Crippen LogP contribution is -2.23. The van der Waals surface area contributed by atoms with Crippen LogP contribution >= 0.6 is 12.6 Å². The zero-order chi connectivity index (χ0) is 19.9. The smallest absolute Gasteiger partial charge is 0.324 e. The van der Waals surface area contributed by atoms with Gasteiger partial charge in [0.15, 0.2) is 12.4 Å². The maximum absolute atomic E-state index is 10.5. The van der Waals surface area contributed by atoms with Crippen LogP contribution in [0.4, 0.5) is 17.1 Å². The van der Waals surface area contributed by atoms with Crippen LogP contribution in [0.1, 0.15) is 5.56 Å². The largest absolute Gasteiger partial charge is 0.619 e. The molecule has 0 spiro atoms. The van der Waals surface area contributed by atoms with Gasteiger partial charge in [0.05, 0.1) is 26.9 Å². The lowest BCUT2D eigenvalue weighted by molar-refractivity contribution is -0.605. The van der Waals surface area contributed by atoms with Gasteiger partial charge in [0.1, 0.15) is 0 Å². The predicted octanol–water partition coefficient (Wildman–Crippen LogP) is 1.91. The number of pyridine rings is 1. The SMILES string of the molecule is O=[N+]([O-])c1cc([N+](=O)[O-])c(O)c([N+](=O)[O-])c1.[O-][n+]1ccc(CCS)cc1. The normalized spacial score (nSPS) is 9.73. The first-order valence-corrected chi connectivity index (χ1v) is 7.39. The Morgan fingerprint density at radius 3 is 1.77 bits per heavy atom. The van der Waals surface area contributed by atoms with E-state index in [1.807, 2.05) is 12.1 Å². The van der Waals surface area contributed by atoms with Crippen molar-refractivity contribution in [1.29, 1.82) is 0 Å². The van der Waals surface area contributed by atoms with Gasteiger partial charge in [0.2, 0.25) is 0 Å². The van der Waals surface area contributed by atoms with Crippen LogP contribution in [0.3, 0.4) is 0 Å². The quantitative estimate of drug-likeness (QED) is 0.258. The molecule has 26 heavy (non-hydrogen) atoms. The Kier molecular flexibility index (Phi) is 7.21. The minimum absolute atomic E-state index is 0.447. The molecule has 1 N–H and O–H groups in total. The fraction of sp³-hybridized carbons (Fsp3) is 0.154. The van der Waals surface area contributed by atoms with E-state index in [1.165, 1.54) is 12.4 Å². The number of aromatic nitrogens is 1. The van der Waals surface area contributed by atoms with E-state index in [9.17, 15) is 35.6 Å². The van der Waals surface area contributed by atoms with Crippen LogP contribution in [0.2, 0.25) is 0 Å². The molecule has 0 aliphatic rings. The third kappa shape index (κ3) is 5.55. The highest BCUT2D eigenvalue weighted by Gasteiger charge is 2.30. The maximum atomic E-state index is 10.5. The maximum Gasteiger partial charge on any atom is 0.324 e. The summed E-state index contributed by atoms with van der Waals surface area (Å²) in [6.07, 6.45) is 3.92. The zero-order valence-electron chi connectivity index (χ0n) is 12.9. The Morgan fingerprint density at radius 1 is 0.962 bits per heavy atom. The van der Waals surface area contributed by atoms with Crippen molar-refractivity contribution in [2.75, 3.05) is 5.75 Å². The highest BCUT2D eigenvalue weighted by molar-refractivity contribution is 7.80. The van der Waals surface area contributed by atoms with Crippen molar-refractivity contribution in [1.82, 2.24) is 0 Å². The second kappa shape index (κ2) is 9.12. The summed E-state index contributed by atoms with van der Waals surface area (Å²) in [5.74, 6) is -0.385. The molecule has 0 aliphatic carbocycles. The number of phenolic OH excluding ortho intramolecular Hbond substituents is 1. The first-order valence-electron chi connectivity index (χ1n) is 6.76. The number of benzene rings is 1. The van der Waals surface area contributed by atoms with Gasteiger partial charge in [-0.25, -0.2) is 0 Å². The van der Waals surface area contributed by atoms with Crippen LogP contribution in [0, 0.1) is 35.6 Å². The van der Waals surface area contributed by atoms with Crippen molar-refractivity contribution in [3.8, 4) is 5.75 Å². The molecule has 0 atom stereocenters. The minimum Gasteiger partial charge on any atom is -0.619 e. The molecule has 0 saturated heterocycles. The van der Waals surface area contributed by atoms with E-state index in [-0.39, 0.29) is 0 Å². The Morgan fingerprint density at radius 2 is 1.42 bits per heavy atom. The van der Waals surface area contributed by atoms with Crippen molar-refractivity contribution in [3.05, 3.63) is 77.8 Å². The molecule has 1 aromatic carbocycles. The lowest BCUT2D eigenvalue weighted by Gasteiger charge is -1.97. The Balaban J connectivity index is 0.000000289. The van der Waals surface area contributed by atoms with Gasteiger partial charge in [-0.05, 0) is 17.7 Å². The van der Waals surface area contributed by atoms with Crippen molar-refractivity contribution >= 4 is 29.7 Å². The summed E-state index contributed by atoms with van der Waals surface area (Å²) in [5.41, 5.74) is -1.85. The number of nitro benzene ring substituents is 3. The summed E-state index contributed by atoms with van der Waals surface area (Å²) in [7, 11) is 0. The average Bonchev–Trinajstić information content (AvgIpc) is 2.57. The number of nitrogens with zero attached hydrogens (tertiary/aromatic N) is 4. The first kappa shape index (κ1) is 20.6. The van der Waals surface area contributed by atoms with Gasteiger partial charge >= 0.3 is 11.4 Å². The topological polar surface area (TPSA) is 177 Å². The van der Waals surface area contributed by atoms with E-state index in [1.54, 1.807) is 0 Å². The third-order valence-corrected chi connectivity index (χ3v) is 3.15. The number of hydrogen-bond acceptors (Lipinski definition) is 9. The number of phenols is 1. The third-order valence-electron chi connectivity index (χ3n) is 2.93. The molecule has 0 unspecified atom stereocenters. The summed E-state index contributed by atoms with van der Waals surface area (Å²) in [5, 5.41) is 50.7. The fourth-order valence-electron chi connectivity index (χ4n) is 1.71. The summed E-state index contributed by atoms with van der Waals surface area (Å²) in [6, 6.07) is 4.51. The highest BCUT2D eigenvalue weighted by atomic mass is 32.1. The van der Waals surface area contributed by atoms with Gasteiger partial charge in [0, 0.05) is 12.1 Å². The van der Waals surface area contributed by atoms with E-state index in [0.29, 0.717) is 12.1 Å². The number of aromatic hydroxyl groups is 1. The molecular weight excluding hydrogens is 372 g/mol. The van der Waals surface area contributed by atoms with Gasteiger partial charge in [-0.15, -0.1) is 0 Å². The lowest BCUT2D eigenvalue weighted by atomic mass is 10.2. The molecule has 0 fully saturated rings. The predicted molar refractivity (Wildman–Crippen MR) is 91.0 cm³/mol. The first-order chi connectivity index (χ1) is 12.2. The Hall–Kier alpha value is -3.48. The van der Waals surface area contributed by atoms with E-state index in [0.717, 1.165) is 22.5 Å². The molecule has 138 valence electrons. The molecule has 1 aromatic heterocycles. The van der Waals surface area contributed by atoms with Crippen LogP contribution in [0.25, 0.3) is 0 Å². The van der Waals surface area contributed by atoms with Crippen LogP contribution in [0.5, 0.6) is 5.75 Å². The zero-order valence-corrected chi connectivity index (χ0v) is 13.8. The molecule has 0 aliphatic heterocycles. The molecule has 0 radical (unpaired) electrons. The van der Waals surface area contributed by atoms with Gasteiger partial charge in [0.25, 0.3) is 11.4 Å². The number of nitro groups is 3. The number of non-ortho nitro benzene ring substituents is 1. The number of thiol groups is 1. The average molecular weight is 384 g/mol. The molecule has 12 nitrogen and oxygen atoms in total. The molecule has 0 amide bonds. The summed E-state index contributed by atoms with van der Waals surface area (Å²) in [4.78, 5) is 27.8. The molecular formula is C13H12N4O8S. The van der Waals surface area contributed by atoms with Gasteiger partial charge < -0.3 is 10.3 Å². The summed E-state index contributed by atoms with van der Waals surface area (Å²) < 4.78 is 0.780. The van der Waals surface area contributed by atoms with Crippen molar-refractivity contribution in [3.63, 3.8) is 0 Å². The molecule has 2 rings (SSSR count). The number of rotatable bonds is 5.